The molecule has 5 nitrogen and oxygen atoms in total. The largest absolute Gasteiger partial charge is 0.507 e. The Labute approximate surface area is 103 Å². The lowest BCUT2D eigenvalue weighted by Crippen LogP contribution is -1.98. The standard InChI is InChI=1S/C13H10N4O/c14-10-7-15-17-16-13(10)12-9-4-2-1-3-8(9)5-6-11(12)18/h1-7,18H,(H2,14,17). The number of rotatable bonds is 1. The van der Waals surface area contributed by atoms with E-state index in [1.807, 2.05) is 30.3 Å². The second-order valence-corrected chi connectivity index (χ2v) is 3.92. The Balaban J connectivity index is 2.42. The van der Waals surface area contributed by atoms with Crippen molar-refractivity contribution in [3.8, 4) is 17.0 Å². The van der Waals surface area contributed by atoms with Gasteiger partial charge >= 0.3 is 0 Å². The van der Waals surface area contributed by atoms with Gasteiger partial charge in [-0.15, -0.1) is 10.2 Å². The van der Waals surface area contributed by atoms with E-state index in [0.29, 0.717) is 16.9 Å². The molecule has 0 bridgehead atoms. The zero-order valence-electron chi connectivity index (χ0n) is 9.41. The van der Waals surface area contributed by atoms with Crippen LogP contribution in [0.25, 0.3) is 22.0 Å². The van der Waals surface area contributed by atoms with E-state index in [2.05, 4.69) is 15.4 Å². The van der Waals surface area contributed by atoms with Gasteiger partial charge in [0.25, 0.3) is 0 Å². The van der Waals surface area contributed by atoms with E-state index < -0.39 is 0 Å². The van der Waals surface area contributed by atoms with Gasteiger partial charge in [0.05, 0.1) is 17.4 Å². The number of phenols is 1. The quantitative estimate of drug-likeness (QED) is 0.677. The van der Waals surface area contributed by atoms with Crippen molar-refractivity contribution in [3.63, 3.8) is 0 Å². The zero-order chi connectivity index (χ0) is 12.5. The molecule has 2 aromatic carbocycles. The van der Waals surface area contributed by atoms with Crippen molar-refractivity contribution in [3.05, 3.63) is 42.6 Å². The van der Waals surface area contributed by atoms with Gasteiger partial charge in [0.2, 0.25) is 0 Å². The molecule has 0 spiro atoms. The monoisotopic (exact) mass is 238 g/mol. The number of anilines is 1. The molecule has 3 N–H and O–H groups in total. The molecule has 1 aromatic heterocycles. The molecule has 0 amide bonds. The molecule has 88 valence electrons. The van der Waals surface area contributed by atoms with Crippen LogP contribution < -0.4 is 5.73 Å². The summed E-state index contributed by atoms with van der Waals surface area (Å²) in [5.74, 6) is 0.126. The minimum Gasteiger partial charge on any atom is -0.507 e. The smallest absolute Gasteiger partial charge is 0.125 e. The van der Waals surface area contributed by atoms with E-state index in [4.69, 9.17) is 5.73 Å². The van der Waals surface area contributed by atoms with Gasteiger partial charge in [0, 0.05) is 0 Å². The predicted molar refractivity (Wildman–Crippen MR) is 68.8 cm³/mol. The van der Waals surface area contributed by atoms with Crippen molar-refractivity contribution in [1.29, 1.82) is 0 Å². The summed E-state index contributed by atoms with van der Waals surface area (Å²) >= 11 is 0. The number of nitrogens with zero attached hydrogens (tertiary/aromatic N) is 3. The fourth-order valence-electron chi connectivity index (χ4n) is 1.98. The maximum atomic E-state index is 10.0. The minimum atomic E-state index is 0.126. The van der Waals surface area contributed by atoms with Crippen LogP contribution >= 0.6 is 0 Å². The molecule has 0 aliphatic rings. The average Bonchev–Trinajstić information content (AvgIpc) is 2.40. The molecule has 3 aromatic rings. The topological polar surface area (TPSA) is 84.9 Å². The molecule has 0 unspecified atom stereocenters. The van der Waals surface area contributed by atoms with E-state index in [0.717, 1.165) is 10.8 Å². The second kappa shape index (κ2) is 3.96. The number of phenolic OH excluding ortho intramolecular Hbond substituents is 1. The molecule has 0 aliphatic carbocycles. The Kier molecular flexibility index (Phi) is 2.30. The summed E-state index contributed by atoms with van der Waals surface area (Å²) in [4.78, 5) is 0. The third-order valence-electron chi connectivity index (χ3n) is 2.81. The van der Waals surface area contributed by atoms with Gasteiger partial charge in [-0.1, -0.05) is 30.3 Å². The average molecular weight is 238 g/mol. The third kappa shape index (κ3) is 1.53. The molecule has 1 heterocycles. The number of benzene rings is 2. The van der Waals surface area contributed by atoms with Crippen LogP contribution in [0.1, 0.15) is 0 Å². The predicted octanol–water partition coefficient (Wildman–Crippen LogP) is 1.98. The summed E-state index contributed by atoms with van der Waals surface area (Å²) in [6.45, 7) is 0. The molecule has 0 atom stereocenters. The van der Waals surface area contributed by atoms with Gasteiger partial charge in [-0.05, 0) is 22.1 Å². The first-order valence-electron chi connectivity index (χ1n) is 5.42. The van der Waals surface area contributed by atoms with E-state index >= 15 is 0 Å². The van der Waals surface area contributed by atoms with E-state index in [-0.39, 0.29) is 5.75 Å². The molecule has 0 saturated heterocycles. The maximum absolute atomic E-state index is 10.0. The number of nitrogens with two attached hydrogens (primary N) is 1. The Morgan fingerprint density at radius 3 is 2.72 bits per heavy atom. The van der Waals surface area contributed by atoms with Crippen molar-refractivity contribution < 1.29 is 5.11 Å². The normalized spacial score (nSPS) is 10.7. The summed E-state index contributed by atoms with van der Waals surface area (Å²) in [6.07, 6.45) is 1.42. The van der Waals surface area contributed by atoms with E-state index in [1.165, 1.54) is 6.20 Å². The molecule has 0 radical (unpaired) electrons. The Morgan fingerprint density at radius 1 is 1.06 bits per heavy atom. The minimum absolute atomic E-state index is 0.126. The third-order valence-corrected chi connectivity index (χ3v) is 2.81. The van der Waals surface area contributed by atoms with Gasteiger partial charge < -0.3 is 10.8 Å². The number of aromatic hydroxyl groups is 1. The van der Waals surface area contributed by atoms with Crippen LogP contribution in [-0.4, -0.2) is 20.5 Å². The lowest BCUT2D eigenvalue weighted by molar-refractivity contribution is 0.478. The summed E-state index contributed by atoms with van der Waals surface area (Å²) in [5.41, 5.74) is 7.25. The van der Waals surface area contributed by atoms with Crippen LogP contribution in [0.4, 0.5) is 5.69 Å². The van der Waals surface area contributed by atoms with Gasteiger partial charge in [0.15, 0.2) is 0 Å². The highest BCUT2D eigenvalue weighted by Gasteiger charge is 2.13. The van der Waals surface area contributed by atoms with Gasteiger partial charge in [-0.2, -0.15) is 0 Å². The summed E-state index contributed by atoms with van der Waals surface area (Å²) < 4.78 is 0. The number of aromatic nitrogens is 3. The highest BCUT2D eigenvalue weighted by Crippen LogP contribution is 2.36. The van der Waals surface area contributed by atoms with Gasteiger partial charge in [-0.3, -0.25) is 0 Å². The number of hydrogen-bond acceptors (Lipinski definition) is 5. The van der Waals surface area contributed by atoms with Crippen LogP contribution in [0, 0.1) is 0 Å². The van der Waals surface area contributed by atoms with Crippen molar-refractivity contribution >= 4 is 16.5 Å². The van der Waals surface area contributed by atoms with Gasteiger partial charge in [0.1, 0.15) is 11.4 Å². The maximum Gasteiger partial charge on any atom is 0.125 e. The second-order valence-electron chi connectivity index (χ2n) is 3.92. The zero-order valence-corrected chi connectivity index (χ0v) is 9.41. The van der Waals surface area contributed by atoms with Crippen LogP contribution in [0.2, 0.25) is 0 Å². The van der Waals surface area contributed by atoms with Crippen molar-refractivity contribution in [2.24, 2.45) is 0 Å². The Bertz CT molecular complexity index is 727. The van der Waals surface area contributed by atoms with Crippen molar-refractivity contribution in [2.75, 3.05) is 5.73 Å². The first kappa shape index (κ1) is 10.5. The number of nitrogen functional groups attached to an aromatic ring is 1. The Hall–Kier alpha value is -2.69. The van der Waals surface area contributed by atoms with Gasteiger partial charge in [-0.25, -0.2) is 0 Å². The fourth-order valence-corrected chi connectivity index (χ4v) is 1.98. The molecule has 0 saturated carbocycles. The Morgan fingerprint density at radius 2 is 1.89 bits per heavy atom. The molecular weight excluding hydrogens is 228 g/mol. The molecule has 0 aliphatic heterocycles. The molecule has 0 fully saturated rings. The van der Waals surface area contributed by atoms with Crippen LogP contribution in [0.3, 0.4) is 0 Å². The first-order valence-corrected chi connectivity index (χ1v) is 5.42. The number of fused-ring (bicyclic) bond motifs is 1. The lowest BCUT2D eigenvalue weighted by atomic mass is 10.0. The first-order chi connectivity index (χ1) is 8.77. The highest BCUT2D eigenvalue weighted by atomic mass is 16.3. The number of hydrogen-bond donors (Lipinski definition) is 2. The molecule has 5 heteroatoms. The van der Waals surface area contributed by atoms with Crippen LogP contribution in [-0.2, 0) is 0 Å². The van der Waals surface area contributed by atoms with E-state index in [1.54, 1.807) is 6.07 Å². The van der Waals surface area contributed by atoms with Crippen LogP contribution in [0.15, 0.2) is 42.6 Å². The summed E-state index contributed by atoms with van der Waals surface area (Å²) in [5, 5.41) is 23.0. The SMILES string of the molecule is Nc1cnnnc1-c1c(O)ccc2ccccc12. The fraction of sp³-hybridized carbons (Fsp3) is 0. The van der Waals surface area contributed by atoms with Crippen molar-refractivity contribution in [2.45, 2.75) is 0 Å². The molecule has 18 heavy (non-hydrogen) atoms. The highest BCUT2D eigenvalue weighted by molar-refractivity contribution is 6.00. The summed E-state index contributed by atoms with van der Waals surface area (Å²) in [7, 11) is 0. The molecule has 3 rings (SSSR count). The van der Waals surface area contributed by atoms with Crippen molar-refractivity contribution in [1.82, 2.24) is 15.4 Å². The molecular formula is C13H10N4O. The van der Waals surface area contributed by atoms with Crippen LogP contribution in [0.5, 0.6) is 5.75 Å². The van der Waals surface area contributed by atoms with E-state index in [9.17, 15) is 5.11 Å². The lowest BCUT2D eigenvalue weighted by Gasteiger charge is -2.09. The summed E-state index contributed by atoms with van der Waals surface area (Å²) in [6, 6.07) is 11.2.